The van der Waals surface area contributed by atoms with Gasteiger partial charge >= 0.3 is 0 Å². The van der Waals surface area contributed by atoms with Crippen LogP contribution in [0.5, 0.6) is 0 Å². The Morgan fingerprint density at radius 2 is 1.75 bits per heavy atom. The third kappa shape index (κ3) is 4.94. The second-order valence-corrected chi connectivity index (χ2v) is 11.4. The number of thiophene rings is 1. The number of fused-ring (bicyclic) bond motifs is 1. The molecule has 6 nitrogen and oxygen atoms in total. The minimum Gasteiger partial charge on any atom is -0.325 e. The van der Waals surface area contributed by atoms with Crippen LogP contribution in [0.3, 0.4) is 0 Å². The van der Waals surface area contributed by atoms with E-state index in [1.54, 1.807) is 35.0 Å². The SMILES string of the molecule is Cc1ccccc1-n1nc(-c2cccs2)c2c1N(CC(=O)Nc1ccccc1)C(=O)CS[C@@H]2c1ccccc1F. The fourth-order valence-corrected chi connectivity index (χ4v) is 6.83. The molecule has 0 bridgehead atoms. The van der Waals surface area contributed by atoms with Gasteiger partial charge in [0.25, 0.3) is 0 Å². The molecule has 0 radical (unpaired) electrons. The van der Waals surface area contributed by atoms with Crippen LogP contribution in [0.2, 0.25) is 0 Å². The monoisotopic (exact) mass is 568 g/mol. The van der Waals surface area contributed by atoms with Crippen LogP contribution in [0.4, 0.5) is 15.9 Å². The number of halogens is 1. The van der Waals surface area contributed by atoms with Crippen LogP contribution >= 0.6 is 23.1 Å². The standard InChI is InChI=1S/C31H25FN4O2S2/c1-20-10-5-8-15-24(20)36-31-28(29(34-36)25-16-9-17-39-25)30(22-13-6-7-14-23(22)32)40-19-27(38)35(31)18-26(37)33-21-11-3-2-4-12-21/h2-17,30H,18-19H2,1H3,(H,33,37)/t30-/m1/s1. The molecule has 9 heteroatoms. The van der Waals surface area contributed by atoms with Crippen LogP contribution in [0.25, 0.3) is 16.3 Å². The van der Waals surface area contributed by atoms with Crippen molar-refractivity contribution in [2.75, 3.05) is 22.5 Å². The van der Waals surface area contributed by atoms with Gasteiger partial charge in [0.1, 0.15) is 23.9 Å². The molecule has 0 aliphatic carbocycles. The number of aromatic nitrogens is 2. The van der Waals surface area contributed by atoms with Crippen molar-refractivity contribution in [1.29, 1.82) is 0 Å². The molecule has 1 aliphatic rings. The smallest absolute Gasteiger partial charge is 0.244 e. The summed E-state index contributed by atoms with van der Waals surface area (Å²) in [5.74, 6) is -0.390. The molecule has 200 valence electrons. The molecule has 1 N–H and O–H groups in total. The largest absolute Gasteiger partial charge is 0.325 e. The van der Waals surface area contributed by atoms with Gasteiger partial charge in [-0.25, -0.2) is 9.07 Å². The summed E-state index contributed by atoms with van der Waals surface area (Å²) in [5, 5.41) is 9.39. The van der Waals surface area contributed by atoms with E-state index in [9.17, 15) is 9.59 Å². The minimum absolute atomic E-state index is 0.0734. The number of hydrogen-bond donors (Lipinski definition) is 1. The van der Waals surface area contributed by atoms with Crippen molar-refractivity contribution >= 4 is 46.4 Å². The van der Waals surface area contributed by atoms with Gasteiger partial charge in [-0.2, -0.15) is 5.10 Å². The van der Waals surface area contributed by atoms with E-state index in [2.05, 4.69) is 5.32 Å². The van der Waals surface area contributed by atoms with E-state index in [0.29, 0.717) is 28.3 Å². The van der Waals surface area contributed by atoms with Gasteiger partial charge in [-0.05, 0) is 48.2 Å². The number of benzene rings is 3. The number of rotatable bonds is 6. The third-order valence-corrected chi connectivity index (χ3v) is 8.85. The van der Waals surface area contributed by atoms with Crippen LogP contribution in [0, 0.1) is 12.7 Å². The summed E-state index contributed by atoms with van der Waals surface area (Å²) in [6.07, 6.45) is 0. The first-order valence-corrected chi connectivity index (χ1v) is 14.7. The van der Waals surface area contributed by atoms with Crippen LogP contribution < -0.4 is 10.2 Å². The molecule has 1 aliphatic heterocycles. The molecule has 5 aromatic rings. The number of thioether (sulfide) groups is 1. The fourth-order valence-electron chi connectivity index (χ4n) is 4.88. The van der Waals surface area contributed by atoms with E-state index < -0.39 is 5.25 Å². The van der Waals surface area contributed by atoms with Crippen molar-refractivity contribution in [3.8, 4) is 16.3 Å². The lowest BCUT2D eigenvalue weighted by Gasteiger charge is -2.23. The summed E-state index contributed by atoms with van der Waals surface area (Å²) in [5.41, 5.74) is 4.21. The quantitative estimate of drug-likeness (QED) is 0.243. The highest BCUT2D eigenvalue weighted by Gasteiger charge is 2.38. The fraction of sp³-hybridized carbons (Fsp3) is 0.129. The topological polar surface area (TPSA) is 67.2 Å². The van der Waals surface area contributed by atoms with E-state index in [1.807, 2.05) is 66.9 Å². The number of para-hydroxylation sites is 2. The van der Waals surface area contributed by atoms with E-state index in [1.165, 1.54) is 34.1 Å². The molecular weight excluding hydrogens is 543 g/mol. The maximum Gasteiger partial charge on any atom is 0.244 e. The Hall–Kier alpha value is -4.21. The first-order valence-electron chi connectivity index (χ1n) is 12.8. The van der Waals surface area contributed by atoms with Crippen LogP contribution in [-0.2, 0) is 9.59 Å². The Bertz CT molecular complexity index is 1690. The Kier molecular flexibility index (Phi) is 7.23. The van der Waals surface area contributed by atoms with Gasteiger partial charge in [-0.1, -0.05) is 60.7 Å². The summed E-state index contributed by atoms with van der Waals surface area (Å²) < 4.78 is 17.1. The molecule has 3 heterocycles. The van der Waals surface area contributed by atoms with E-state index >= 15 is 4.39 Å². The van der Waals surface area contributed by atoms with Crippen LogP contribution in [0.15, 0.2) is 96.4 Å². The second kappa shape index (κ2) is 11.1. The highest BCUT2D eigenvalue weighted by molar-refractivity contribution is 8.00. The predicted octanol–water partition coefficient (Wildman–Crippen LogP) is 6.86. The highest BCUT2D eigenvalue weighted by atomic mass is 32.2. The maximum atomic E-state index is 15.3. The molecular formula is C31H25FN4O2S2. The van der Waals surface area contributed by atoms with Gasteiger partial charge in [0.05, 0.1) is 21.6 Å². The zero-order chi connectivity index (χ0) is 27.6. The number of amides is 2. The number of hydrogen-bond acceptors (Lipinski definition) is 5. The Balaban J connectivity index is 1.58. The molecule has 2 amide bonds. The number of carbonyl (C=O) groups excluding carboxylic acids is 2. The summed E-state index contributed by atoms with van der Waals surface area (Å²) in [4.78, 5) is 29.5. The lowest BCUT2D eigenvalue weighted by atomic mass is 10.0. The molecule has 0 fully saturated rings. The first kappa shape index (κ1) is 26.0. The number of aryl methyl sites for hydroxylation is 1. The van der Waals surface area contributed by atoms with Gasteiger partial charge in [0, 0.05) is 16.8 Å². The number of nitrogens with zero attached hydrogens (tertiary/aromatic N) is 3. The lowest BCUT2D eigenvalue weighted by molar-refractivity contribution is -0.120. The van der Waals surface area contributed by atoms with E-state index in [0.717, 1.165) is 16.1 Å². The van der Waals surface area contributed by atoms with Gasteiger partial charge in [0.15, 0.2) is 0 Å². The molecule has 0 saturated heterocycles. The summed E-state index contributed by atoms with van der Waals surface area (Å²) in [6, 6.07) is 27.4. The van der Waals surface area contributed by atoms with Gasteiger partial charge < -0.3 is 5.32 Å². The molecule has 1 atom stereocenters. The molecule has 2 aromatic heterocycles. The zero-order valence-electron chi connectivity index (χ0n) is 21.6. The Morgan fingerprint density at radius 3 is 2.50 bits per heavy atom. The molecule has 0 spiro atoms. The van der Waals surface area contributed by atoms with E-state index in [-0.39, 0.29) is 29.9 Å². The van der Waals surface area contributed by atoms with Crippen molar-refractivity contribution in [2.24, 2.45) is 0 Å². The number of carbonyl (C=O) groups is 2. The Morgan fingerprint density at radius 1 is 1.00 bits per heavy atom. The molecule has 0 unspecified atom stereocenters. The number of nitrogens with one attached hydrogen (secondary N) is 1. The summed E-state index contributed by atoms with van der Waals surface area (Å²) in [6.45, 7) is 1.76. The van der Waals surface area contributed by atoms with E-state index in [4.69, 9.17) is 5.10 Å². The minimum atomic E-state index is -0.516. The number of anilines is 2. The second-order valence-electron chi connectivity index (χ2n) is 9.37. The summed E-state index contributed by atoms with van der Waals surface area (Å²) in [7, 11) is 0. The van der Waals surface area contributed by atoms with Gasteiger partial charge in [-0.3, -0.25) is 14.5 Å². The lowest BCUT2D eigenvalue weighted by Crippen LogP contribution is -2.40. The van der Waals surface area contributed by atoms with Crippen LogP contribution in [-0.4, -0.2) is 33.9 Å². The molecule has 0 saturated carbocycles. The average Bonchev–Trinajstić information content (AvgIpc) is 3.59. The first-order chi connectivity index (χ1) is 19.5. The zero-order valence-corrected chi connectivity index (χ0v) is 23.2. The summed E-state index contributed by atoms with van der Waals surface area (Å²) >= 11 is 2.88. The predicted molar refractivity (Wildman–Crippen MR) is 160 cm³/mol. The van der Waals surface area contributed by atoms with Gasteiger partial charge in [0.2, 0.25) is 11.8 Å². The van der Waals surface area contributed by atoms with Crippen molar-refractivity contribution in [3.63, 3.8) is 0 Å². The third-order valence-electron chi connectivity index (χ3n) is 6.73. The van der Waals surface area contributed by atoms with Crippen molar-refractivity contribution in [1.82, 2.24) is 9.78 Å². The Labute approximate surface area is 239 Å². The van der Waals surface area contributed by atoms with Crippen LogP contribution in [0.1, 0.15) is 21.9 Å². The molecule has 6 rings (SSSR count). The normalized spacial score (nSPS) is 15.0. The highest BCUT2D eigenvalue weighted by Crippen LogP contribution is 2.49. The van der Waals surface area contributed by atoms with Gasteiger partial charge in [-0.15, -0.1) is 23.1 Å². The van der Waals surface area contributed by atoms with Crippen molar-refractivity contribution in [3.05, 3.63) is 119 Å². The molecule has 3 aromatic carbocycles. The van der Waals surface area contributed by atoms with Crippen molar-refractivity contribution in [2.45, 2.75) is 12.2 Å². The molecule has 40 heavy (non-hydrogen) atoms. The van der Waals surface area contributed by atoms with Crippen molar-refractivity contribution < 1.29 is 14.0 Å². The maximum absolute atomic E-state index is 15.3. The average molecular weight is 569 g/mol.